The maximum atomic E-state index is 15.0. The normalized spacial score (nSPS) is 17.7. The largest absolute Gasteiger partial charge is 0.453 e. The quantitative estimate of drug-likeness (QED) is 0.263. The molecule has 9 nitrogen and oxygen atoms in total. The van der Waals surface area contributed by atoms with E-state index in [1.807, 2.05) is 36.4 Å². The molecule has 3 amide bonds. The van der Waals surface area contributed by atoms with Crippen molar-refractivity contribution in [2.24, 2.45) is 0 Å². The van der Waals surface area contributed by atoms with Gasteiger partial charge in [0.15, 0.2) is 0 Å². The fourth-order valence-electron chi connectivity index (χ4n) is 6.31. The monoisotopic (exact) mass is 667 g/mol. The van der Waals surface area contributed by atoms with Gasteiger partial charge in [-0.15, -0.1) is 0 Å². The molecule has 1 saturated heterocycles. The first-order valence-electron chi connectivity index (χ1n) is 15.9. The first-order valence-corrected chi connectivity index (χ1v) is 16.2. The Bertz CT molecular complexity index is 1550. The van der Waals surface area contributed by atoms with E-state index in [2.05, 4.69) is 25.6 Å². The molecule has 5 rings (SSSR count). The predicted octanol–water partition coefficient (Wildman–Crippen LogP) is 4.38. The molecule has 0 aromatic heterocycles. The predicted molar refractivity (Wildman–Crippen MR) is 175 cm³/mol. The number of methoxy groups -OCH3 is 1. The van der Waals surface area contributed by atoms with Gasteiger partial charge in [0.05, 0.1) is 13.2 Å². The summed E-state index contributed by atoms with van der Waals surface area (Å²) in [5.41, 5.74) is 3.48. The van der Waals surface area contributed by atoms with Crippen molar-refractivity contribution >= 4 is 29.5 Å². The summed E-state index contributed by atoms with van der Waals surface area (Å²) in [6, 6.07) is 17.1. The maximum Gasteiger partial charge on any atom is 0.406 e. The summed E-state index contributed by atoms with van der Waals surface area (Å²) in [5, 5.41) is 9.54. The van der Waals surface area contributed by atoms with Crippen molar-refractivity contribution in [1.29, 1.82) is 0 Å². The van der Waals surface area contributed by atoms with Gasteiger partial charge >= 0.3 is 6.09 Å². The average Bonchev–Trinajstić information content (AvgIpc) is 3.08. The van der Waals surface area contributed by atoms with Crippen LogP contribution in [0.25, 0.3) is 0 Å². The lowest BCUT2D eigenvalue weighted by molar-refractivity contribution is -0.138. The van der Waals surface area contributed by atoms with Crippen molar-refractivity contribution in [3.8, 4) is 0 Å². The van der Waals surface area contributed by atoms with Crippen molar-refractivity contribution in [2.75, 3.05) is 39.8 Å². The van der Waals surface area contributed by atoms with Gasteiger partial charge < -0.3 is 25.6 Å². The minimum absolute atomic E-state index is 0.198. The zero-order valence-electron chi connectivity index (χ0n) is 26.3. The van der Waals surface area contributed by atoms with E-state index in [9.17, 15) is 23.2 Å². The summed E-state index contributed by atoms with van der Waals surface area (Å²) in [6.07, 6.45) is 1.30. The molecule has 250 valence electrons. The van der Waals surface area contributed by atoms with Crippen LogP contribution in [-0.4, -0.2) is 79.6 Å². The Hall–Kier alpha value is -4.06. The second kappa shape index (κ2) is 16.2. The minimum atomic E-state index is -0.802. The number of alkyl carbamates (subject to hydrolysis) is 1. The van der Waals surface area contributed by atoms with Crippen LogP contribution >= 0.6 is 11.6 Å². The lowest BCUT2D eigenvalue weighted by Gasteiger charge is -2.41. The van der Waals surface area contributed by atoms with Gasteiger partial charge in [-0.1, -0.05) is 54.1 Å². The van der Waals surface area contributed by atoms with E-state index in [4.69, 9.17) is 11.6 Å². The number of carbonyl (C=O) groups excluding carboxylic acids is 3. The van der Waals surface area contributed by atoms with Crippen LogP contribution in [0.1, 0.15) is 41.1 Å². The number of hydrogen-bond acceptors (Lipinski definition) is 6. The molecule has 3 atom stereocenters. The molecular weight excluding hydrogens is 628 g/mol. The second-order valence-electron chi connectivity index (χ2n) is 11.9. The van der Waals surface area contributed by atoms with Crippen LogP contribution in [0.5, 0.6) is 0 Å². The van der Waals surface area contributed by atoms with Crippen molar-refractivity contribution in [1.82, 2.24) is 25.8 Å². The molecule has 12 heteroatoms. The highest BCUT2D eigenvalue weighted by molar-refractivity contribution is 6.30. The van der Waals surface area contributed by atoms with Gasteiger partial charge in [-0.25, -0.2) is 13.6 Å². The molecule has 3 aromatic rings. The molecule has 1 fully saturated rings. The van der Waals surface area contributed by atoms with E-state index in [0.29, 0.717) is 75.5 Å². The molecule has 0 spiro atoms. The number of benzene rings is 3. The number of carbonyl (C=O) groups is 3. The summed E-state index contributed by atoms with van der Waals surface area (Å²) >= 11 is 6.10. The number of nitrogens with one attached hydrogen (secondary N) is 3. The average molecular weight is 668 g/mol. The first-order chi connectivity index (χ1) is 22.7. The van der Waals surface area contributed by atoms with Crippen LogP contribution in [0.15, 0.2) is 66.7 Å². The van der Waals surface area contributed by atoms with Crippen LogP contribution in [0.3, 0.4) is 0 Å². The number of halogens is 3. The zero-order valence-corrected chi connectivity index (χ0v) is 27.1. The molecule has 3 aromatic carbocycles. The molecule has 47 heavy (non-hydrogen) atoms. The summed E-state index contributed by atoms with van der Waals surface area (Å²) in [6.45, 7) is 2.51. The smallest absolute Gasteiger partial charge is 0.406 e. The molecule has 1 unspecified atom stereocenters. The van der Waals surface area contributed by atoms with Crippen molar-refractivity contribution in [2.45, 2.75) is 50.4 Å². The molecule has 0 saturated carbocycles. The second-order valence-corrected chi connectivity index (χ2v) is 12.3. The number of amides is 3. The summed E-state index contributed by atoms with van der Waals surface area (Å²) in [7, 11) is 1.28. The fourth-order valence-corrected chi connectivity index (χ4v) is 6.43. The Kier molecular flexibility index (Phi) is 11.8. The number of nitrogens with zero attached hydrogens (tertiary/aromatic N) is 2. The van der Waals surface area contributed by atoms with Gasteiger partial charge in [-0.2, -0.15) is 0 Å². The van der Waals surface area contributed by atoms with E-state index < -0.39 is 35.9 Å². The molecular formula is C35H40ClF2N5O4. The third kappa shape index (κ3) is 9.06. The van der Waals surface area contributed by atoms with E-state index in [0.717, 1.165) is 22.8 Å². The van der Waals surface area contributed by atoms with E-state index >= 15 is 0 Å². The lowest BCUT2D eigenvalue weighted by Crippen LogP contribution is -2.58. The summed E-state index contributed by atoms with van der Waals surface area (Å²) < 4.78 is 33.4. The standard InChI is InChI=1S/C35H40ClF2N5O4/c1-47-35(46)39-14-4-7-32(28-13-12-27(37)21-29(28)38)42-15-17-43(18-16-42)34(45)31(19-23-8-10-26(36)11-9-23)41-33(44)30-20-24-5-2-3-6-25(24)22-40-30/h2-3,5-6,8-13,21,30-32,40H,4,7,14-20,22H2,1H3,(H,39,46)(H,41,44)/t30-,31-,32?/m1/s1. The summed E-state index contributed by atoms with van der Waals surface area (Å²) in [4.78, 5) is 42.8. The lowest BCUT2D eigenvalue weighted by atomic mass is 9.95. The Morgan fingerprint density at radius 2 is 1.72 bits per heavy atom. The number of hydrogen-bond donors (Lipinski definition) is 3. The first kappa shape index (κ1) is 34.3. The van der Waals surface area contributed by atoms with Crippen LogP contribution in [0.4, 0.5) is 13.6 Å². The van der Waals surface area contributed by atoms with Gasteiger partial charge in [0.25, 0.3) is 0 Å². The van der Waals surface area contributed by atoms with Crippen LogP contribution < -0.4 is 16.0 Å². The maximum absolute atomic E-state index is 15.0. The van der Waals surface area contributed by atoms with Crippen molar-refractivity contribution < 1.29 is 27.9 Å². The third-order valence-electron chi connectivity index (χ3n) is 8.86. The molecule has 0 aliphatic carbocycles. The number of fused-ring (bicyclic) bond motifs is 1. The number of ether oxygens (including phenoxy) is 1. The van der Waals surface area contributed by atoms with Crippen LogP contribution in [0.2, 0.25) is 5.02 Å². The van der Waals surface area contributed by atoms with Crippen LogP contribution in [-0.2, 0) is 33.7 Å². The molecule has 0 radical (unpaired) electrons. The molecule has 0 bridgehead atoms. The van der Waals surface area contributed by atoms with E-state index in [1.54, 1.807) is 17.0 Å². The molecule has 2 heterocycles. The van der Waals surface area contributed by atoms with Crippen molar-refractivity contribution in [3.05, 3.63) is 106 Å². The van der Waals surface area contributed by atoms with Gasteiger partial charge in [0.2, 0.25) is 11.8 Å². The van der Waals surface area contributed by atoms with Crippen LogP contribution in [0, 0.1) is 11.6 Å². The highest BCUT2D eigenvalue weighted by atomic mass is 35.5. The fraction of sp³-hybridized carbons (Fsp3) is 0.400. The van der Waals surface area contributed by atoms with E-state index in [1.165, 1.54) is 19.2 Å². The van der Waals surface area contributed by atoms with Gasteiger partial charge in [-0.3, -0.25) is 14.5 Å². The van der Waals surface area contributed by atoms with Gasteiger partial charge in [0, 0.05) is 68.4 Å². The topological polar surface area (TPSA) is 103 Å². The summed E-state index contributed by atoms with van der Waals surface area (Å²) in [5.74, 6) is -1.73. The zero-order chi connectivity index (χ0) is 33.3. The highest BCUT2D eigenvalue weighted by Crippen LogP contribution is 2.30. The van der Waals surface area contributed by atoms with E-state index in [-0.39, 0.29) is 11.8 Å². The highest BCUT2D eigenvalue weighted by Gasteiger charge is 2.34. The van der Waals surface area contributed by atoms with Crippen molar-refractivity contribution in [3.63, 3.8) is 0 Å². The van der Waals surface area contributed by atoms with Gasteiger partial charge in [0.1, 0.15) is 17.7 Å². The SMILES string of the molecule is COC(=O)NCCCC(c1ccc(F)cc1F)N1CCN(C(=O)[C@@H](Cc2ccc(Cl)cc2)NC(=O)[C@H]2Cc3ccccc3CN2)CC1. The Labute approximate surface area is 278 Å². The Morgan fingerprint density at radius 3 is 2.43 bits per heavy atom. The number of rotatable bonds is 11. The molecule has 2 aliphatic heterocycles. The van der Waals surface area contributed by atoms with Gasteiger partial charge in [-0.05, 0) is 54.2 Å². The Balaban J connectivity index is 1.27. The third-order valence-corrected chi connectivity index (χ3v) is 9.11. The molecule has 3 N–H and O–H groups in total. The Morgan fingerprint density at radius 1 is 1.00 bits per heavy atom. The number of piperazine rings is 1. The molecule has 2 aliphatic rings. The minimum Gasteiger partial charge on any atom is -0.453 e.